The fraction of sp³-hybridized carbons (Fsp3) is 0.438. The molecule has 1 N–H and O–H groups in total. The van der Waals surface area contributed by atoms with E-state index in [2.05, 4.69) is 48.3 Å². The summed E-state index contributed by atoms with van der Waals surface area (Å²) in [6.45, 7) is 4.36. The zero-order valence-corrected chi connectivity index (χ0v) is 13.2. The first-order chi connectivity index (χ1) is 9.63. The lowest BCUT2D eigenvalue weighted by Crippen LogP contribution is -2.31. The van der Waals surface area contributed by atoms with Gasteiger partial charge in [0.1, 0.15) is 5.82 Å². The third-order valence-corrected chi connectivity index (χ3v) is 4.47. The van der Waals surface area contributed by atoms with Gasteiger partial charge >= 0.3 is 0 Å². The molecule has 3 nitrogen and oxygen atoms in total. The SMILES string of the molecule is CCc1cc(CO)cc(N(C)C(C)Cc2cccs2)n1. The van der Waals surface area contributed by atoms with E-state index in [4.69, 9.17) is 0 Å². The molecule has 0 spiro atoms. The van der Waals surface area contributed by atoms with Gasteiger partial charge in [-0.1, -0.05) is 13.0 Å². The Balaban J connectivity index is 2.16. The molecule has 2 heterocycles. The zero-order valence-electron chi connectivity index (χ0n) is 12.3. The van der Waals surface area contributed by atoms with Crippen LogP contribution in [0.1, 0.15) is 30.0 Å². The second kappa shape index (κ2) is 6.86. The molecule has 1 atom stereocenters. The Bertz CT molecular complexity index is 517. The second-order valence-electron chi connectivity index (χ2n) is 5.08. The summed E-state index contributed by atoms with van der Waals surface area (Å²) in [6.07, 6.45) is 1.90. The molecule has 0 saturated carbocycles. The highest BCUT2D eigenvalue weighted by atomic mass is 32.1. The lowest BCUT2D eigenvalue weighted by Gasteiger charge is -2.26. The molecule has 0 fully saturated rings. The number of hydrogen-bond donors (Lipinski definition) is 1. The van der Waals surface area contributed by atoms with Crippen LogP contribution in [0.25, 0.3) is 0 Å². The Hall–Kier alpha value is -1.39. The van der Waals surface area contributed by atoms with Crippen molar-refractivity contribution in [2.45, 2.75) is 39.3 Å². The number of thiophene rings is 1. The topological polar surface area (TPSA) is 36.4 Å². The Morgan fingerprint density at radius 3 is 2.80 bits per heavy atom. The van der Waals surface area contributed by atoms with E-state index >= 15 is 0 Å². The first-order valence-corrected chi connectivity index (χ1v) is 7.88. The van der Waals surface area contributed by atoms with Gasteiger partial charge in [0.25, 0.3) is 0 Å². The standard InChI is InChI=1S/C16H22N2OS/c1-4-14-9-13(11-19)10-16(17-14)18(3)12(2)8-15-6-5-7-20-15/h5-7,9-10,12,19H,4,8,11H2,1-3H3. The molecule has 2 rings (SSSR count). The smallest absolute Gasteiger partial charge is 0.129 e. The lowest BCUT2D eigenvalue weighted by atomic mass is 10.1. The summed E-state index contributed by atoms with van der Waals surface area (Å²) in [5.41, 5.74) is 1.96. The number of aliphatic hydroxyl groups is 1. The van der Waals surface area contributed by atoms with Crippen molar-refractivity contribution >= 4 is 17.2 Å². The van der Waals surface area contributed by atoms with E-state index in [0.29, 0.717) is 6.04 Å². The molecule has 0 radical (unpaired) electrons. The molecule has 0 amide bonds. The molecule has 4 heteroatoms. The summed E-state index contributed by atoms with van der Waals surface area (Å²) in [5.74, 6) is 0.942. The summed E-state index contributed by atoms with van der Waals surface area (Å²) in [6, 6.07) is 8.59. The maximum absolute atomic E-state index is 9.37. The average molecular weight is 290 g/mol. The van der Waals surface area contributed by atoms with Crippen LogP contribution < -0.4 is 4.90 Å². The largest absolute Gasteiger partial charge is 0.392 e. The van der Waals surface area contributed by atoms with Gasteiger partial charge in [-0.05, 0) is 42.5 Å². The van der Waals surface area contributed by atoms with Crippen LogP contribution in [0.2, 0.25) is 0 Å². The third-order valence-electron chi connectivity index (χ3n) is 3.57. The highest BCUT2D eigenvalue weighted by Gasteiger charge is 2.14. The van der Waals surface area contributed by atoms with Crippen LogP contribution in [-0.2, 0) is 19.4 Å². The highest BCUT2D eigenvalue weighted by Crippen LogP contribution is 2.20. The van der Waals surface area contributed by atoms with Crippen molar-refractivity contribution in [3.8, 4) is 0 Å². The normalized spacial score (nSPS) is 12.4. The molecule has 0 aliphatic rings. The molecular formula is C16H22N2OS. The van der Waals surface area contributed by atoms with Crippen molar-refractivity contribution < 1.29 is 5.11 Å². The molecule has 1 unspecified atom stereocenters. The minimum absolute atomic E-state index is 0.0651. The number of aryl methyl sites for hydroxylation is 1. The summed E-state index contributed by atoms with van der Waals surface area (Å²) in [7, 11) is 2.07. The van der Waals surface area contributed by atoms with Crippen molar-refractivity contribution in [2.75, 3.05) is 11.9 Å². The van der Waals surface area contributed by atoms with E-state index in [9.17, 15) is 5.11 Å². The Kier molecular flexibility index (Phi) is 5.15. The van der Waals surface area contributed by atoms with Crippen LogP contribution in [0.4, 0.5) is 5.82 Å². The van der Waals surface area contributed by atoms with E-state index in [1.165, 1.54) is 4.88 Å². The van der Waals surface area contributed by atoms with Crippen LogP contribution >= 0.6 is 11.3 Å². The maximum Gasteiger partial charge on any atom is 0.129 e. The number of anilines is 1. The van der Waals surface area contributed by atoms with E-state index < -0.39 is 0 Å². The summed E-state index contributed by atoms with van der Waals surface area (Å²) >= 11 is 1.79. The van der Waals surface area contributed by atoms with E-state index in [0.717, 1.165) is 29.9 Å². The van der Waals surface area contributed by atoms with Crippen LogP contribution in [0.3, 0.4) is 0 Å². The predicted molar refractivity (Wildman–Crippen MR) is 85.4 cm³/mol. The monoisotopic (exact) mass is 290 g/mol. The van der Waals surface area contributed by atoms with E-state index in [1.54, 1.807) is 11.3 Å². The zero-order chi connectivity index (χ0) is 14.5. The Morgan fingerprint density at radius 2 is 2.20 bits per heavy atom. The van der Waals surface area contributed by atoms with E-state index in [-0.39, 0.29) is 6.61 Å². The minimum Gasteiger partial charge on any atom is -0.392 e. The number of aliphatic hydroxyl groups excluding tert-OH is 1. The molecule has 0 saturated heterocycles. The minimum atomic E-state index is 0.0651. The van der Waals surface area contributed by atoms with Crippen molar-refractivity contribution in [3.05, 3.63) is 45.8 Å². The molecule has 20 heavy (non-hydrogen) atoms. The fourth-order valence-corrected chi connectivity index (χ4v) is 3.00. The summed E-state index contributed by atoms with van der Waals surface area (Å²) in [5, 5.41) is 11.5. The third kappa shape index (κ3) is 3.58. The number of aromatic nitrogens is 1. The van der Waals surface area contributed by atoms with Crippen LogP contribution in [0.15, 0.2) is 29.6 Å². The molecule has 2 aromatic rings. The quantitative estimate of drug-likeness (QED) is 0.887. The molecule has 0 bridgehead atoms. The molecule has 108 valence electrons. The molecule has 2 aromatic heterocycles. The number of nitrogens with zero attached hydrogens (tertiary/aromatic N) is 2. The number of pyridine rings is 1. The van der Waals surface area contributed by atoms with Crippen molar-refractivity contribution in [3.63, 3.8) is 0 Å². The van der Waals surface area contributed by atoms with Gasteiger partial charge in [-0.15, -0.1) is 11.3 Å². The van der Waals surface area contributed by atoms with Gasteiger partial charge in [-0.3, -0.25) is 0 Å². The van der Waals surface area contributed by atoms with Gasteiger partial charge in [0.05, 0.1) is 6.61 Å². The van der Waals surface area contributed by atoms with Gasteiger partial charge < -0.3 is 10.0 Å². The molecule has 0 aliphatic heterocycles. The van der Waals surface area contributed by atoms with Crippen molar-refractivity contribution in [1.82, 2.24) is 4.98 Å². The first-order valence-electron chi connectivity index (χ1n) is 7.00. The average Bonchev–Trinajstić information content (AvgIpc) is 2.98. The van der Waals surface area contributed by atoms with Crippen molar-refractivity contribution in [1.29, 1.82) is 0 Å². The molecule has 0 aromatic carbocycles. The van der Waals surface area contributed by atoms with Crippen LogP contribution in [0, 0.1) is 0 Å². The Labute approximate surface area is 124 Å². The molecule has 0 aliphatic carbocycles. The summed E-state index contributed by atoms with van der Waals surface area (Å²) < 4.78 is 0. The number of likely N-dealkylation sites (N-methyl/N-ethyl adjacent to an activating group) is 1. The molecular weight excluding hydrogens is 268 g/mol. The van der Waals surface area contributed by atoms with Crippen LogP contribution in [0.5, 0.6) is 0 Å². The summed E-state index contributed by atoms with van der Waals surface area (Å²) in [4.78, 5) is 8.25. The number of hydrogen-bond acceptors (Lipinski definition) is 4. The van der Waals surface area contributed by atoms with Gasteiger partial charge in [-0.25, -0.2) is 4.98 Å². The van der Waals surface area contributed by atoms with Crippen molar-refractivity contribution in [2.24, 2.45) is 0 Å². The maximum atomic E-state index is 9.37. The van der Waals surface area contributed by atoms with Gasteiger partial charge in [0.2, 0.25) is 0 Å². The predicted octanol–water partition coefficient (Wildman–Crippen LogP) is 3.27. The highest BCUT2D eigenvalue weighted by molar-refractivity contribution is 7.09. The number of rotatable bonds is 6. The first kappa shape index (κ1) is 15.0. The van der Waals surface area contributed by atoms with E-state index in [1.807, 2.05) is 12.1 Å². The van der Waals surface area contributed by atoms with Crippen LogP contribution in [-0.4, -0.2) is 23.2 Å². The second-order valence-corrected chi connectivity index (χ2v) is 6.11. The lowest BCUT2D eigenvalue weighted by molar-refractivity contribution is 0.281. The van der Waals surface area contributed by atoms with Gasteiger partial charge in [0, 0.05) is 30.1 Å². The van der Waals surface area contributed by atoms with Gasteiger partial charge in [0.15, 0.2) is 0 Å². The fourth-order valence-electron chi connectivity index (χ4n) is 2.17. The Morgan fingerprint density at radius 1 is 1.40 bits per heavy atom. The van der Waals surface area contributed by atoms with Gasteiger partial charge in [-0.2, -0.15) is 0 Å².